The number of likely N-dealkylation sites (N-methyl/N-ethyl adjacent to an activating group) is 1. The Morgan fingerprint density at radius 3 is 0.977 bits per heavy atom. The van der Waals surface area contributed by atoms with Crippen LogP contribution in [0.15, 0.2) is 97.2 Å². The van der Waals surface area contributed by atoms with Crippen LogP contribution in [0.1, 0.15) is 335 Å². The summed E-state index contributed by atoms with van der Waals surface area (Å²) in [5, 5.41) is 0. The summed E-state index contributed by atoms with van der Waals surface area (Å²) in [5.74, 6) is -0.822. The summed E-state index contributed by atoms with van der Waals surface area (Å²) in [4.78, 5) is 38.1. The molecule has 510 valence electrons. The summed E-state index contributed by atoms with van der Waals surface area (Å²) < 4.78 is 34.4. The molecule has 0 aliphatic rings. The van der Waals surface area contributed by atoms with E-state index >= 15 is 0 Å². The van der Waals surface area contributed by atoms with E-state index in [4.69, 9.17) is 18.5 Å². The van der Waals surface area contributed by atoms with E-state index in [1.807, 2.05) is 21.1 Å². The Labute approximate surface area is 544 Å². The quantitative estimate of drug-likeness (QED) is 0.0195. The summed E-state index contributed by atoms with van der Waals surface area (Å²) in [7, 11) is 1.17. The molecule has 0 radical (unpaired) electrons. The Balaban J connectivity index is 4.01. The van der Waals surface area contributed by atoms with Gasteiger partial charge >= 0.3 is 11.9 Å². The molecule has 0 aromatic rings. The highest BCUT2D eigenvalue weighted by molar-refractivity contribution is 7.45. The number of carbonyl (C=O) groups excluding carboxylic acids is 2. The van der Waals surface area contributed by atoms with Crippen molar-refractivity contribution >= 4 is 19.8 Å². The number of phosphoric ester groups is 1. The highest BCUT2D eigenvalue weighted by Crippen LogP contribution is 2.38. The minimum atomic E-state index is -4.65. The average molecular weight is 1250 g/mol. The second-order valence-corrected chi connectivity index (χ2v) is 27.3. The van der Waals surface area contributed by atoms with Gasteiger partial charge in [-0.15, -0.1) is 0 Å². The third-order valence-electron chi connectivity index (χ3n) is 16.1. The van der Waals surface area contributed by atoms with E-state index in [1.54, 1.807) is 0 Å². The normalized spacial score (nSPS) is 13.7. The van der Waals surface area contributed by atoms with Crippen LogP contribution in [-0.2, 0) is 32.7 Å². The predicted octanol–water partition coefficient (Wildman–Crippen LogP) is 23.6. The molecule has 0 aromatic heterocycles. The van der Waals surface area contributed by atoms with Crippen molar-refractivity contribution in [3.05, 3.63) is 97.2 Å². The lowest BCUT2D eigenvalue weighted by Gasteiger charge is -2.28. The molecular formula is C78H140NO8P. The van der Waals surface area contributed by atoms with Crippen LogP contribution in [0.5, 0.6) is 0 Å². The van der Waals surface area contributed by atoms with Crippen LogP contribution in [0.4, 0.5) is 0 Å². The van der Waals surface area contributed by atoms with Gasteiger partial charge in [0.15, 0.2) is 6.10 Å². The highest BCUT2D eigenvalue weighted by atomic mass is 31.2. The van der Waals surface area contributed by atoms with E-state index in [2.05, 4.69) is 111 Å². The molecule has 2 unspecified atom stereocenters. The van der Waals surface area contributed by atoms with Gasteiger partial charge in [0.25, 0.3) is 7.82 Å². The zero-order valence-corrected chi connectivity index (χ0v) is 59.1. The Bertz CT molecular complexity index is 1810. The van der Waals surface area contributed by atoms with Crippen LogP contribution in [-0.4, -0.2) is 70.0 Å². The van der Waals surface area contributed by atoms with Crippen molar-refractivity contribution in [1.29, 1.82) is 0 Å². The van der Waals surface area contributed by atoms with E-state index in [1.165, 1.54) is 218 Å². The van der Waals surface area contributed by atoms with Gasteiger partial charge in [0, 0.05) is 12.8 Å². The molecule has 2 atom stereocenters. The molecule has 0 saturated carbocycles. The Hall–Kier alpha value is -3.07. The molecule has 0 fully saturated rings. The number of phosphoric acid groups is 1. The molecule has 0 heterocycles. The van der Waals surface area contributed by atoms with Crippen LogP contribution >= 0.6 is 7.82 Å². The summed E-state index contributed by atoms with van der Waals surface area (Å²) >= 11 is 0. The fourth-order valence-electron chi connectivity index (χ4n) is 10.5. The van der Waals surface area contributed by atoms with Crippen LogP contribution < -0.4 is 4.89 Å². The van der Waals surface area contributed by atoms with Gasteiger partial charge in [0.2, 0.25) is 0 Å². The number of carbonyl (C=O) groups is 2. The van der Waals surface area contributed by atoms with Crippen LogP contribution in [0.2, 0.25) is 0 Å². The summed E-state index contributed by atoms with van der Waals surface area (Å²) in [6, 6.07) is 0. The van der Waals surface area contributed by atoms with Gasteiger partial charge in [-0.3, -0.25) is 14.2 Å². The zero-order valence-electron chi connectivity index (χ0n) is 58.2. The van der Waals surface area contributed by atoms with Crippen molar-refractivity contribution in [2.45, 2.75) is 341 Å². The van der Waals surface area contributed by atoms with Crippen molar-refractivity contribution in [2.75, 3.05) is 47.5 Å². The number of hydrogen-bond donors (Lipinski definition) is 0. The summed E-state index contributed by atoms with van der Waals surface area (Å²) in [5.41, 5.74) is 0. The van der Waals surface area contributed by atoms with Gasteiger partial charge in [-0.1, -0.05) is 323 Å². The number of allylic oxidation sites excluding steroid dienone is 16. The number of rotatable bonds is 68. The first kappa shape index (κ1) is 84.9. The van der Waals surface area contributed by atoms with Crippen LogP contribution in [0.3, 0.4) is 0 Å². The van der Waals surface area contributed by atoms with E-state index in [0.717, 1.165) is 83.5 Å². The maximum absolute atomic E-state index is 12.9. The van der Waals surface area contributed by atoms with Crippen molar-refractivity contribution in [3.63, 3.8) is 0 Å². The van der Waals surface area contributed by atoms with Gasteiger partial charge in [-0.25, -0.2) is 0 Å². The smallest absolute Gasteiger partial charge is 0.306 e. The zero-order chi connectivity index (χ0) is 64.1. The number of nitrogens with zero attached hydrogens (tertiary/aromatic N) is 1. The fraction of sp³-hybridized carbons (Fsp3) is 0.769. The number of esters is 2. The van der Waals surface area contributed by atoms with E-state index < -0.39 is 26.5 Å². The molecule has 0 amide bonds. The summed E-state index contributed by atoms with van der Waals surface area (Å²) in [6.45, 7) is 4.17. The SMILES string of the molecule is CC/C=C\C/C=C\C/C=C\C/C=C\C/C=C\C/C=C\C/C=C\CCCCCCCCCCCCCCCCCC(=O)OC(COC(=O)CCCCCCCCCCCCCCCCC/C=C\CCCCCCCCCC)COP(=O)([O-])OCC[N+](C)(C)C. The monoisotopic (exact) mass is 1250 g/mol. The van der Waals surface area contributed by atoms with Crippen LogP contribution in [0.25, 0.3) is 0 Å². The topological polar surface area (TPSA) is 111 Å². The maximum Gasteiger partial charge on any atom is 0.306 e. The molecular weight excluding hydrogens is 1110 g/mol. The molecule has 0 bridgehead atoms. The van der Waals surface area contributed by atoms with Gasteiger partial charge in [0.05, 0.1) is 27.7 Å². The van der Waals surface area contributed by atoms with Gasteiger partial charge in [-0.2, -0.15) is 0 Å². The minimum Gasteiger partial charge on any atom is -0.756 e. The van der Waals surface area contributed by atoms with Crippen molar-refractivity contribution in [2.24, 2.45) is 0 Å². The third kappa shape index (κ3) is 72.0. The first-order chi connectivity index (χ1) is 43.0. The molecule has 9 nitrogen and oxygen atoms in total. The van der Waals surface area contributed by atoms with Crippen molar-refractivity contribution < 1.29 is 42.1 Å². The molecule has 88 heavy (non-hydrogen) atoms. The standard InChI is InChI=1S/C78H140NO8P/c1-6-8-10-12-14-16-18-20-22-24-26-28-30-32-34-35-36-37-38-39-40-41-42-43-45-47-49-51-53-55-57-59-61-63-65-67-69-71-78(81)87-76(75-86-88(82,83)85-73-72-79(3,4)5)74-84-77(80)70-68-66-64-62-60-58-56-54-52-50-48-46-44-33-31-29-27-25-23-21-19-17-15-13-11-9-7-2/h8,10,14,16,20,22,25-28,32,34,36-37,39-40,76H,6-7,9,11-13,15,17-19,21,23-24,29-31,33,35,38,41-75H2,1-5H3/b10-8-,16-14-,22-20-,27-25-,28-26-,34-32-,37-36-,40-39-. The summed E-state index contributed by atoms with van der Waals surface area (Å²) in [6.07, 6.45) is 95.0. The van der Waals surface area contributed by atoms with Crippen molar-refractivity contribution in [1.82, 2.24) is 0 Å². The molecule has 0 saturated heterocycles. The minimum absolute atomic E-state index is 0.0321. The van der Waals surface area contributed by atoms with Gasteiger partial charge < -0.3 is 27.9 Å². The molecule has 0 aliphatic carbocycles. The average Bonchev–Trinajstić information content (AvgIpc) is 3.68. The second-order valence-electron chi connectivity index (χ2n) is 25.9. The lowest BCUT2D eigenvalue weighted by atomic mass is 10.0. The Kier molecular flexibility index (Phi) is 65.9. The predicted molar refractivity (Wildman–Crippen MR) is 379 cm³/mol. The number of quaternary nitrogens is 1. The number of hydrogen-bond acceptors (Lipinski definition) is 8. The second kappa shape index (κ2) is 68.3. The van der Waals surface area contributed by atoms with E-state index in [0.29, 0.717) is 17.4 Å². The molecule has 0 aliphatic heterocycles. The molecule has 0 aromatic carbocycles. The van der Waals surface area contributed by atoms with Gasteiger partial charge in [0.1, 0.15) is 19.8 Å². The molecule has 0 N–H and O–H groups in total. The number of unbranched alkanes of at least 4 members (excludes halogenated alkanes) is 38. The Morgan fingerprint density at radius 2 is 0.648 bits per heavy atom. The number of ether oxygens (including phenoxy) is 2. The first-order valence-corrected chi connectivity index (χ1v) is 38.4. The molecule has 0 rings (SSSR count). The Morgan fingerprint density at radius 1 is 0.364 bits per heavy atom. The van der Waals surface area contributed by atoms with Gasteiger partial charge in [-0.05, 0) is 96.3 Å². The maximum atomic E-state index is 12.9. The molecule has 0 spiro atoms. The first-order valence-electron chi connectivity index (χ1n) is 36.9. The fourth-order valence-corrected chi connectivity index (χ4v) is 11.2. The highest BCUT2D eigenvalue weighted by Gasteiger charge is 2.22. The van der Waals surface area contributed by atoms with E-state index in [9.17, 15) is 19.0 Å². The van der Waals surface area contributed by atoms with Crippen molar-refractivity contribution in [3.8, 4) is 0 Å². The van der Waals surface area contributed by atoms with E-state index in [-0.39, 0.29) is 32.0 Å². The molecule has 10 heteroatoms. The lowest BCUT2D eigenvalue weighted by Crippen LogP contribution is -2.37. The third-order valence-corrected chi connectivity index (χ3v) is 17.1. The lowest BCUT2D eigenvalue weighted by molar-refractivity contribution is -0.870. The largest absolute Gasteiger partial charge is 0.756 e. The van der Waals surface area contributed by atoms with Crippen LogP contribution in [0, 0.1) is 0 Å².